The van der Waals surface area contributed by atoms with Crippen LogP contribution in [0.5, 0.6) is 0 Å². The second-order valence-corrected chi connectivity index (χ2v) is 21.1. The number of rotatable bonds is 1. The standard InChI is InChI=1S/C51H44N2S2/c1-49(2)26-27-50(3,4)38-29-31(22-24-35(38)49)53-40-25-23-34-33-16-9-12-20-42(33)54-47(34)45(40)44-32-15-8-7-14-30(32)28-41-48(44)55(53)43-21-13-18-37-46(43)52(41)39-19-11-10-17-36(39)51(37,5)6/h7-25,28-29,55H,26-27H2,1-6H3. The van der Waals surface area contributed by atoms with Crippen molar-refractivity contribution >= 4 is 81.8 Å². The fraction of sp³-hybridized carbons (Fsp3) is 0.216. The van der Waals surface area contributed by atoms with E-state index in [1.807, 2.05) is 11.3 Å². The Bertz CT molecular complexity index is 3000. The van der Waals surface area contributed by atoms with Crippen LogP contribution < -0.4 is 9.21 Å². The Morgan fingerprint density at radius 3 is 2.13 bits per heavy atom. The van der Waals surface area contributed by atoms with Crippen molar-refractivity contribution in [2.75, 3.05) is 9.21 Å². The van der Waals surface area contributed by atoms with Gasteiger partial charge in [-0.3, -0.25) is 4.31 Å². The van der Waals surface area contributed by atoms with E-state index in [4.69, 9.17) is 0 Å². The van der Waals surface area contributed by atoms with Gasteiger partial charge in [0.05, 0.1) is 28.4 Å². The number of anilines is 5. The van der Waals surface area contributed by atoms with Gasteiger partial charge < -0.3 is 4.90 Å². The van der Waals surface area contributed by atoms with Gasteiger partial charge in [-0.25, -0.2) is 0 Å². The number of thiophene rings is 1. The average Bonchev–Trinajstić information content (AvgIpc) is 3.58. The molecule has 2 nitrogen and oxygen atoms in total. The van der Waals surface area contributed by atoms with Crippen LogP contribution in [0.2, 0.25) is 0 Å². The number of thiol groups is 1. The minimum Gasteiger partial charge on any atom is -0.308 e. The largest absolute Gasteiger partial charge is 0.308 e. The zero-order chi connectivity index (χ0) is 37.2. The van der Waals surface area contributed by atoms with Crippen molar-refractivity contribution in [1.82, 2.24) is 0 Å². The van der Waals surface area contributed by atoms with E-state index in [2.05, 4.69) is 178 Å². The molecule has 7 aromatic carbocycles. The molecule has 1 atom stereocenters. The Kier molecular flexibility index (Phi) is 6.23. The average molecular weight is 749 g/mol. The van der Waals surface area contributed by atoms with Crippen LogP contribution in [0.1, 0.15) is 76.6 Å². The molecule has 0 saturated carbocycles. The number of para-hydroxylation sites is 2. The molecule has 0 spiro atoms. The van der Waals surface area contributed by atoms with Crippen LogP contribution in [0.15, 0.2) is 137 Å². The third-order valence-electron chi connectivity index (χ3n) is 13.7. The van der Waals surface area contributed by atoms with E-state index in [1.54, 1.807) is 0 Å². The summed E-state index contributed by atoms with van der Waals surface area (Å²) < 4.78 is 5.54. The summed E-state index contributed by atoms with van der Waals surface area (Å²) in [5.41, 5.74) is 15.4. The molecule has 0 bridgehead atoms. The Labute approximate surface area is 330 Å². The first-order valence-corrected chi connectivity index (χ1v) is 21.9. The lowest BCUT2D eigenvalue weighted by Crippen LogP contribution is -2.35. The first-order valence-electron chi connectivity index (χ1n) is 19.8. The molecule has 4 heterocycles. The minimum atomic E-state index is -1.03. The zero-order valence-corrected chi connectivity index (χ0v) is 34.0. The van der Waals surface area contributed by atoms with E-state index < -0.39 is 11.1 Å². The molecule has 0 fully saturated rings. The molecule has 12 rings (SSSR count). The van der Waals surface area contributed by atoms with Gasteiger partial charge in [0.25, 0.3) is 0 Å². The molecule has 0 saturated heterocycles. The molecular weight excluding hydrogens is 705 g/mol. The second-order valence-electron chi connectivity index (χ2n) is 18.0. The molecule has 0 radical (unpaired) electrons. The van der Waals surface area contributed by atoms with Crippen molar-refractivity contribution in [1.29, 1.82) is 0 Å². The van der Waals surface area contributed by atoms with Gasteiger partial charge in [-0.2, -0.15) is 0 Å². The SMILES string of the molecule is CC1(C)CCC(C)(C)c2cc(N3c4ccc5c(sc6ccccc65)c4-c4c5c(cc6ccccc46)N4c6ccccc6C(C)(C)c6cccc(c64)[SH]53)ccc21. The Morgan fingerprint density at radius 1 is 0.545 bits per heavy atom. The fourth-order valence-corrected chi connectivity index (χ4v) is 14.8. The van der Waals surface area contributed by atoms with Gasteiger partial charge in [0.1, 0.15) is 0 Å². The summed E-state index contributed by atoms with van der Waals surface area (Å²) >= 11 is 0.931. The van der Waals surface area contributed by atoms with Crippen LogP contribution in [0.25, 0.3) is 42.1 Å². The third-order valence-corrected chi connectivity index (χ3v) is 17.4. The number of hydrogen-bond donors (Lipinski definition) is 1. The quantitative estimate of drug-likeness (QED) is 0.167. The topological polar surface area (TPSA) is 6.48 Å². The van der Waals surface area contributed by atoms with Crippen molar-refractivity contribution in [2.24, 2.45) is 0 Å². The number of hydrogen-bond acceptors (Lipinski definition) is 3. The van der Waals surface area contributed by atoms with Crippen molar-refractivity contribution in [2.45, 2.75) is 80.4 Å². The van der Waals surface area contributed by atoms with E-state index in [0.717, 1.165) is 0 Å². The smallest absolute Gasteiger partial charge is 0.0640 e. The third kappa shape index (κ3) is 4.07. The first-order chi connectivity index (χ1) is 26.5. The molecule has 8 aromatic rings. The summed E-state index contributed by atoms with van der Waals surface area (Å²) in [6.45, 7) is 14.7. The zero-order valence-electron chi connectivity index (χ0n) is 32.3. The molecule has 3 aliphatic heterocycles. The summed E-state index contributed by atoms with van der Waals surface area (Å²) in [5.74, 6) is 0. The van der Waals surface area contributed by atoms with E-state index in [9.17, 15) is 0 Å². The van der Waals surface area contributed by atoms with E-state index >= 15 is 0 Å². The molecule has 1 aromatic heterocycles. The summed E-state index contributed by atoms with van der Waals surface area (Å²) in [6.07, 6.45) is 2.40. The molecule has 1 aliphatic carbocycles. The fourth-order valence-electron chi connectivity index (χ4n) is 10.7. The number of fused-ring (bicyclic) bond motifs is 13. The summed E-state index contributed by atoms with van der Waals surface area (Å²) in [6, 6.07) is 49.5. The highest BCUT2D eigenvalue weighted by Gasteiger charge is 2.47. The monoisotopic (exact) mass is 748 g/mol. The maximum atomic E-state index is 2.81. The molecule has 270 valence electrons. The van der Waals surface area contributed by atoms with Gasteiger partial charge in [0.15, 0.2) is 0 Å². The number of nitrogens with zero attached hydrogens (tertiary/aromatic N) is 2. The van der Waals surface area contributed by atoms with Crippen molar-refractivity contribution in [3.8, 4) is 11.1 Å². The molecule has 1 unspecified atom stereocenters. The minimum absolute atomic E-state index is 0.102. The van der Waals surface area contributed by atoms with Crippen LogP contribution in [0.3, 0.4) is 0 Å². The highest BCUT2D eigenvalue weighted by atomic mass is 32.2. The van der Waals surface area contributed by atoms with Crippen LogP contribution in [-0.2, 0) is 16.2 Å². The van der Waals surface area contributed by atoms with E-state index in [1.165, 1.54) is 115 Å². The van der Waals surface area contributed by atoms with Crippen molar-refractivity contribution in [3.63, 3.8) is 0 Å². The predicted octanol–water partition coefficient (Wildman–Crippen LogP) is 15.1. The van der Waals surface area contributed by atoms with Crippen molar-refractivity contribution in [3.05, 3.63) is 150 Å². The highest BCUT2D eigenvalue weighted by molar-refractivity contribution is 8.19. The van der Waals surface area contributed by atoms with E-state index in [-0.39, 0.29) is 16.2 Å². The Morgan fingerprint density at radius 2 is 1.27 bits per heavy atom. The molecule has 0 N–H and O–H groups in total. The van der Waals surface area contributed by atoms with Crippen LogP contribution >= 0.6 is 22.4 Å². The van der Waals surface area contributed by atoms with Gasteiger partial charge in [-0.1, -0.05) is 126 Å². The maximum Gasteiger partial charge on any atom is 0.0640 e. The lowest BCUT2D eigenvalue weighted by atomic mass is 9.63. The molecule has 0 amide bonds. The Balaban J connectivity index is 1.27. The summed E-state index contributed by atoms with van der Waals surface area (Å²) in [4.78, 5) is 5.57. The van der Waals surface area contributed by atoms with Crippen LogP contribution in [0.4, 0.5) is 28.4 Å². The summed E-state index contributed by atoms with van der Waals surface area (Å²) in [5, 5.41) is 5.34. The van der Waals surface area contributed by atoms with Gasteiger partial charge in [0, 0.05) is 46.5 Å². The molecule has 4 aliphatic rings. The Hall–Kier alpha value is -5.03. The maximum absolute atomic E-state index is 2.81. The molecule has 55 heavy (non-hydrogen) atoms. The van der Waals surface area contributed by atoms with Crippen molar-refractivity contribution < 1.29 is 0 Å². The normalized spacial score (nSPS) is 19.8. The predicted molar refractivity (Wildman–Crippen MR) is 238 cm³/mol. The first kappa shape index (κ1) is 32.2. The van der Waals surface area contributed by atoms with Crippen LogP contribution in [0, 0.1) is 0 Å². The van der Waals surface area contributed by atoms with Gasteiger partial charge in [-0.15, -0.1) is 22.4 Å². The van der Waals surface area contributed by atoms with Gasteiger partial charge in [0.2, 0.25) is 0 Å². The molecular formula is C51H44N2S2. The van der Waals surface area contributed by atoms with Crippen LogP contribution in [-0.4, -0.2) is 0 Å². The lowest BCUT2D eigenvalue weighted by molar-refractivity contribution is 0.332. The second kappa shape index (κ2) is 10.6. The van der Waals surface area contributed by atoms with E-state index in [0.29, 0.717) is 0 Å². The summed E-state index contributed by atoms with van der Waals surface area (Å²) in [7, 11) is 0. The molecule has 4 heteroatoms. The number of benzene rings is 7. The highest BCUT2D eigenvalue weighted by Crippen LogP contribution is 2.73. The lowest BCUT2D eigenvalue weighted by Gasteiger charge is -2.53. The van der Waals surface area contributed by atoms with Gasteiger partial charge in [-0.05, 0) is 99.2 Å². The van der Waals surface area contributed by atoms with Gasteiger partial charge >= 0.3 is 0 Å².